The van der Waals surface area contributed by atoms with Crippen LogP contribution in [0.1, 0.15) is 26.5 Å². The smallest absolute Gasteiger partial charge is 0.213 e. The highest BCUT2D eigenvalue weighted by Crippen LogP contribution is 2.24. The molecular formula is C19H27N7O. The van der Waals surface area contributed by atoms with E-state index < -0.39 is 0 Å². The largest absolute Gasteiger partial charge is 0.478 e. The zero-order chi connectivity index (χ0) is 19.0. The van der Waals surface area contributed by atoms with Crippen LogP contribution < -0.4 is 10.2 Å². The van der Waals surface area contributed by atoms with Crippen LogP contribution in [0.3, 0.4) is 0 Å². The van der Waals surface area contributed by atoms with Gasteiger partial charge in [0.2, 0.25) is 5.90 Å². The van der Waals surface area contributed by atoms with E-state index in [4.69, 9.17) is 9.73 Å². The van der Waals surface area contributed by atoms with Crippen LogP contribution in [0.25, 0.3) is 5.65 Å². The van der Waals surface area contributed by atoms with Gasteiger partial charge in [-0.2, -0.15) is 0 Å². The third kappa shape index (κ3) is 3.68. The normalized spacial score (nSPS) is 22.9. The molecule has 8 nitrogen and oxygen atoms in total. The van der Waals surface area contributed by atoms with E-state index >= 15 is 0 Å². The molecule has 0 aromatic carbocycles. The Hall–Kier alpha value is -2.45. The summed E-state index contributed by atoms with van der Waals surface area (Å²) in [6.45, 7) is 11.7. The molecule has 0 spiro atoms. The lowest BCUT2D eigenvalue weighted by atomic mass is 10.0. The number of anilines is 1. The fraction of sp³-hybridized carbons (Fsp3) is 0.526. The van der Waals surface area contributed by atoms with E-state index in [9.17, 15) is 0 Å². The first-order chi connectivity index (χ1) is 12.9. The standard InChI is InChI=1S/C19H27N7O/c1-5-27-17-6-8-26(16-12-25-11-14(2)22-15(25)10-20-16)18(23-17)24-9-7-21-19(3,4)13-24/h6,8,10-12,18,21H,5,7,9,13H2,1-4H3. The monoisotopic (exact) mass is 369 g/mol. The number of imidazole rings is 1. The zero-order valence-electron chi connectivity index (χ0n) is 16.4. The fourth-order valence-electron chi connectivity index (χ4n) is 3.65. The zero-order valence-corrected chi connectivity index (χ0v) is 16.4. The highest BCUT2D eigenvalue weighted by Gasteiger charge is 2.34. The van der Waals surface area contributed by atoms with Crippen molar-refractivity contribution < 1.29 is 4.74 Å². The summed E-state index contributed by atoms with van der Waals surface area (Å²) in [6, 6.07) is 0. The minimum absolute atomic E-state index is 0.0330. The highest BCUT2D eigenvalue weighted by atomic mass is 16.5. The number of rotatable bonds is 3. The maximum absolute atomic E-state index is 5.67. The minimum atomic E-state index is -0.188. The SMILES string of the molecule is CCOC1=NC(N2CCNC(C)(C)C2)N(c2cn3cc(C)nc3cn2)C=C1. The summed E-state index contributed by atoms with van der Waals surface area (Å²) in [4.78, 5) is 18.4. The lowest BCUT2D eigenvalue weighted by Crippen LogP contribution is -2.62. The first kappa shape index (κ1) is 17.9. The van der Waals surface area contributed by atoms with E-state index in [1.807, 2.05) is 42.9 Å². The molecule has 144 valence electrons. The second kappa shape index (κ2) is 6.94. The first-order valence-corrected chi connectivity index (χ1v) is 9.43. The van der Waals surface area contributed by atoms with Gasteiger partial charge in [-0.15, -0.1) is 0 Å². The summed E-state index contributed by atoms with van der Waals surface area (Å²) in [5.74, 6) is 1.49. The maximum atomic E-state index is 5.67. The number of aliphatic imine (C=N–C) groups is 1. The molecule has 1 fully saturated rings. The Morgan fingerprint density at radius 3 is 2.96 bits per heavy atom. The first-order valence-electron chi connectivity index (χ1n) is 9.43. The Labute approximate surface area is 159 Å². The highest BCUT2D eigenvalue weighted by molar-refractivity contribution is 5.89. The van der Waals surface area contributed by atoms with E-state index in [1.54, 1.807) is 6.20 Å². The molecule has 0 amide bonds. The average Bonchev–Trinajstić information content (AvgIpc) is 3.00. The summed E-state index contributed by atoms with van der Waals surface area (Å²) >= 11 is 0. The van der Waals surface area contributed by atoms with E-state index in [2.05, 4.69) is 38.9 Å². The molecule has 2 aliphatic rings. The van der Waals surface area contributed by atoms with Gasteiger partial charge in [0, 0.05) is 43.6 Å². The molecule has 0 aliphatic carbocycles. The molecule has 2 aliphatic heterocycles. The quantitative estimate of drug-likeness (QED) is 0.889. The Bertz CT molecular complexity index is 885. The number of piperazine rings is 1. The number of hydrogen-bond donors (Lipinski definition) is 1. The van der Waals surface area contributed by atoms with E-state index in [0.29, 0.717) is 12.5 Å². The van der Waals surface area contributed by atoms with Crippen molar-refractivity contribution in [2.45, 2.75) is 39.5 Å². The van der Waals surface area contributed by atoms with Gasteiger partial charge in [0.05, 0.1) is 24.7 Å². The van der Waals surface area contributed by atoms with Crippen molar-refractivity contribution >= 4 is 17.4 Å². The average molecular weight is 369 g/mol. The van der Waals surface area contributed by atoms with Gasteiger partial charge in [0.15, 0.2) is 17.8 Å². The van der Waals surface area contributed by atoms with Gasteiger partial charge in [-0.25, -0.2) is 15.0 Å². The molecule has 0 saturated carbocycles. The number of fused-ring (bicyclic) bond motifs is 1. The van der Waals surface area contributed by atoms with Crippen LogP contribution in [-0.4, -0.2) is 63.2 Å². The molecule has 1 atom stereocenters. The number of aromatic nitrogens is 3. The molecule has 0 radical (unpaired) electrons. The second-order valence-corrected chi connectivity index (χ2v) is 7.64. The van der Waals surface area contributed by atoms with Crippen LogP contribution in [0.5, 0.6) is 0 Å². The Morgan fingerprint density at radius 1 is 1.33 bits per heavy atom. The molecule has 0 bridgehead atoms. The van der Waals surface area contributed by atoms with Crippen LogP contribution >= 0.6 is 0 Å². The van der Waals surface area contributed by atoms with Gasteiger partial charge < -0.3 is 14.5 Å². The van der Waals surface area contributed by atoms with Crippen molar-refractivity contribution in [1.82, 2.24) is 24.6 Å². The maximum Gasteiger partial charge on any atom is 0.213 e. The summed E-state index contributed by atoms with van der Waals surface area (Å²) in [5.41, 5.74) is 1.85. The van der Waals surface area contributed by atoms with Crippen LogP contribution in [0.15, 0.2) is 35.9 Å². The lowest BCUT2D eigenvalue weighted by molar-refractivity contribution is 0.111. The van der Waals surface area contributed by atoms with Crippen LogP contribution in [-0.2, 0) is 4.74 Å². The predicted molar refractivity (Wildman–Crippen MR) is 106 cm³/mol. The number of hydrogen-bond acceptors (Lipinski definition) is 7. The van der Waals surface area contributed by atoms with Crippen molar-refractivity contribution in [2.24, 2.45) is 4.99 Å². The van der Waals surface area contributed by atoms with Gasteiger partial charge in [-0.3, -0.25) is 9.80 Å². The topological polar surface area (TPSA) is 70.3 Å². The number of nitrogens with zero attached hydrogens (tertiary/aromatic N) is 6. The summed E-state index contributed by atoms with van der Waals surface area (Å²) in [6.07, 6.45) is 9.53. The Kier molecular flexibility index (Phi) is 4.61. The third-order valence-corrected chi connectivity index (χ3v) is 4.80. The van der Waals surface area contributed by atoms with Crippen molar-refractivity contribution in [3.63, 3.8) is 0 Å². The van der Waals surface area contributed by atoms with Crippen LogP contribution in [0.4, 0.5) is 5.82 Å². The Balaban J connectivity index is 1.69. The summed E-state index contributed by atoms with van der Waals surface area (Å²) < 4.78 is 7.68. The molecule has 1 N–H and O–H groups in total. The molecule has 1 unspecified atom stereocenters. The molecule has 2 aromatic rings. The van der Waals surface area contributed by atoms with E-state index in [0.717, 1.165) is 36.8 Å². The molecule has 1 saturated heterocycles. The molecule has 2 aromatic heterocycles. The van der Waals surface area contributed by atoms with Gasteiger partial charge >= 0.3 is 0 Å². The van der Waals surface area contributed by atoms with E-state index in [1.165, 1.54) is 0 Å². The van der Waals surface area contributed by atoms with Gasteiger partial charge in [0.1, 0.15) is 0 Å². The van der Waals surface area contributed by atoms with Gasteiger partial charge in [-0.1, -0.05) is 0 Å². The minimum Gasteiger partial charge on any atom is -0.478 e. The van der Waals surface area contributed by atoms with Crippen molar-refractivity contribution in [3.8, 4) is 0 Å². The van der Waals surface area contributed by atoms with Crippen molar-refractivity contribution in [2.75, 3.05) is 31.1 Å². The van der Waals surface area contributed by atoms with Gasteiger partial charge in [-0.05, 0) is 27.7 Å². The Morgan fingerprint density at radius 2 is 2.19 bits per heavy atom. The van der Waals surface area contributed by atoms with Crippen LogP contribution in [0, 0.1) is 6.92 Å². The predicted octanol–water partition coefficient (Wildman–Crippen LogP) is 1.77. The fourth-order valence-corrected chi connectivity index (χ4v) is 3.65. The molecular weight excluding hydrogens is 342 g/mol. The molecule has 4 rings (SSSR count). The number of aryl methyl sites for hydroxylation is 1. The van der Waals surface area contributed by atoms with Crippen molar-refractivity contribution in [1.29, 1.82) is 0 Å². The third-order valence-electron chi connectivity index (χ3n) is 4.80. The molecule has 8 heteroatoms. The summed E-state index contributed by atoms with van der Waals surface area (Å²) in [5, 5.41) is 3.56. The number of ether oxygens (including phenoxy) is 1. The van der Waals surface area contributed by atoms with Crippen molar-refractivity contribution in [3.05, 3.63) is 36.6 Å². The second-order valence-electron chi connectivity index (χ2n) is 7.64. The number of nitrogens with one attached hydrogen (secondary N) is 1. The summed E-state index contributed by atoms with van der Waals surface area (Å²) in [7, 11) is 0. The molecule has 27 heavy (non-hydrogen) atoms. The lowest BCUT2D eigenvalue weighted by Gasteiger charge is -2.45. The van der Waals surface area contributed by atoms with E-state index in [-0.39, 0.29) is 11.8 Å². The molecule has 4 heterocycles. The van der Waals surface area contributed by atoms with Gasteiger partial charge in [0.25, 0.3) is 0 Å². The van der Waals surface area contributed by atoms with Crippen LogP contribution in [0.2, 0.25) is 0 Å².